The molecule has 0 saturated heterocycles. The van der Waals surface area contributed by atoms with Gasteiger partial charge >= 0.3 is 0 Å². The highest BCUT2D eigenvalue weighted by atomic mass is 16.3. The molecule has 0 aliphatic carbocycles. The van der Waals surface area contributed by atoms with Gasteiger partial charge in [-0.1, -0.05) is 30.3 Å². The molecular formula is C22H17N3O3. The molecule has 1 aliphatic rings. The third-order valence-corrected chi connectivity index (χ3v) is 4.80. The minimum Gasteiger partial charge on any atom is -0.459 e. The molecule has 1 unspecified atom stereocenters. The second-order valence-corrected chi connectivity index (χ2v) is 6.58. The summed E-state index contributed by atoms with van der Waals surface area (Å²) in [6.45, 7) is 0.325. The zero-order valence-corrected chi connectivity index (χ0v) is 15.0. The molecule has 0 saturated carbocycles. The predicted octanol–water partition coefficient (Wildman–Crippen LogP) is 3.36. The number of nitrogens with zero attached hydrogens (tertiary/aromatic N) is 2. The van der Waals surface area contributed by atoms with Crippen LogP contribution in [0.4, 0.5) is 5.69 Å². The second kappa shape index (κ2) is 7.41. The van der Waals surface area contributed by atoms with E-state index in [2.05, 4.69) is 11.4 Å². The van der Waals surface area contributed by atoms with Gasteiger partial charge in [0.25, 0.3) is 5.91 Å². The summed E-state index contributed by atoms with van der Waals surface area (Å²) in [5.74, 6) is -0.432. The minimum atomic E-state index is -0.682. The van der Waals surface area contributed by atoms with E-state index in [1.807, 2.05) is 24.3 Å². The van der Waals surface area contributed by atoms with Crippen molar-refractivity contribution in [3.05, 3.63) is 89.4 Å². The van der Waals surface area contributed by atoms with Crippen molar-refractivity contribution in [2.75, 3.05) is 5.32 Å². The number of anilines is 1. The maximum atomic E-state index is 13.0. The van der Waals surface area contributed by atoms with Gasteiger partial charge in [0.15, 0.2) is 5.76 Å². The molecular weight excluding hydrogens is 354 g/mol. The molecule has 6 heteroatoms. The van der Waals surface area contributed by atoms with Crippen LogP contribution in [0.5, 0.6) is 0 Å². The number of furan rings is 1. The molecule has 0 fully saturated rings. The minimum absolute atomic E-state index is 0.198. The van der Waals surface area contributed by atoms with Gasteiger partial charge in [0.05, 0.1) is 17.9 Å². The molecule has 0 bridgehead atoms. The summed E-state index contributed by atoms with van der Waals surface area (Å²) in [6, 6.07) is 19.1. The van der Waals surface area contributed by atoms with Gasteiger partial charge in [-0.2, -0.15) is 5.26 Å². The molecule has 138 valence electrons. The highest BCUT2D eigenvalue weighted by molar-refractivity contribution is 6.00. The SMILES string of the molecule is N#Cc1cccc(NC(=O)C2Cc3ccccc3CN2C(=O)c2ccco2)c1. The van der Waals surface area contributed by atoms with E-state index in [-0.39, 0.29) is 17.6 Å². The normalized spacial score (nSPS) is 15.4. The molecule has 28 heavy (non-hydrogen) atoms. The number of rotatable bonds is 3. The van der Waals surface area contributed by atoms with Gasteiger partial charge in [0.1, 0.15) is 6.04 Å². The fourth-order valence-corrected chi connectivity index (χ4v) is 3.40. The van der Waals surface area contributed by atoms with Crippen LogP contribution >= 0.6 is 0 Å². The summed E-state index contributed by atoms with van der Waals surface area (Å²) in [5.41, 5.74) is 3.03. The van der Waals surface area contributed by atoms with Crippen molar-refractivity contribution in [1.82, 2.24) is 4.90 Å². The summed E-state index contributed by atoms with van der Waals surface area (Å²) < 4.78 is 5.25. The first-order valence-electron chi connectivity index (χ1n) is 8.88. The molecule has 0 spiro atoms. The van der Waals surface area contributed by atoms with Crippen molar-refractivity contribution in [2.45, 2.75) is 19.0 Å². The molecule has 2 amide bonds. The summed E-state index contributed by atoms with van der Waals surface area (Å²) >= 11 is 0. The van der Waals surface area contributed by atoms with Crippen LogP contribution in [0.15, 0.2) is 71.3 Å². The summed E-state index contributed by atoms with van der Waals surface area (Å²) in [7, 11) is 0. The zero-order valence-electron chi connectivity index (χ0n) is 15.0. The van der Waals surface area contributed by atoms with Crippen molar-refractivity contribution in [3.63, 3.8) is 0 Å². The Morgan fingerprint density at radius 3 is 2.64 bits per heavy atom. The van der Waals surface area contributed by atoms with E-state index in [0.717, 1.165) is 11.1 Å². The van der Waals surface area contributed by atoms with Gasteiger partial charge in [0.2, 0.25) is 5.91 Å². The van der Waals surface area contributed by atoms with E-state index in [1.165, 1.54) is 11.2 Å². The largest absolute Gasteiger partial charge is 0.459 e. The lowest BCUT2D eigenvalue weighted by atomic mass is 9.93. The van der Waals surface area contributed by atoms with Gasteiger partial charge in [-0.3, -0.25) is 9.59 Å². The molecule has 1 N–H and O–H groups in total. The van der Waals surface area contributed by atoms with Crippen LogP contribution in [0.2, 0.25) is 0 Å². The maximum absolute atomic E-state index is 13.0. The Morgan fingerprint density at radius 2 is 1.89 bits per heavy atom. The van der Waals surface area contributed by atoms with Crippen LogP contribution in [0, 0.1) is 11.3 Å². The highest BCUT2D eigenvalue weighted by Gasteiger charge is 2.36. The van der Waals surface area contributed by atoms with E-state index in [4.69, 9.17) is 9.68 Å². The van der Waals surface area contributed by atoms with Gasteiger partial charge in [-0.05, 0) is 41.5 Å². The van der Waals surface area contributed by atoms with Gasteiger partial charge in [-0.25, -0.2) is 0 Å². The first-order chi connectivity index (χ1) is 13.7. The van der Waals surface area contributed by atoms with Crippen molar-refractivity contribution in [3.8, 4) is 6.07 Å². The number of carbonyl (C=O) groups is 2. The van der Waals surface area contributed by atoms with Crippen LogP contribution in [0.1, 0.15) is 27.2 Å². The fraction of sp³-hybridized carbons (Fsp3) is 0.136. The Balaban J connectivity index is 1.64. The molecule has 1 aromatic heterocycles. The molecule has 2 heterocycles. The van der Waals surface area contributed by atoms with E-state index in [9.17, 15) is 9.59 Å². The topological polar surface area (TPSA) is 86.3 Å². The van der Waals surface area contributed by atoms with E-state index >= 15 is 0 Å². The predicted molar refractivity (Wildman–Crippen MR) is 102 cm³/mol. The molecule has 4 rings (SSSR count). The quantitative estimate of drug-likeness (QED) is 0.765. The number of benzene rings is 2. The Kier molecular flexibility index (Phi) is 4.65. The third-order valence-electron chi connectivity index (χ3n) is 4.80. The number of carbonyl (C=O) groups excluding carboxylic acids is 2. The van der Waals surface area contributed by atoms with Gasteiger partial charge < -0.3 is 14.6 Å². The number of hydrogen-bond donors (Lipinski definition) is 1. The number of hydrogen-bond acceptors (Lipinski definition) is 4. The average molecular weight is 371 g/mol. The van der Waals surface area contributed by atoms with Crippen LogP contribution in [0.25, 0.3) is 0 Å². The van der Waals surface area contributed by atoms with Crippen molar-refractivity contribution in [1.29, 1.82) is 5.26 Å². The van der Waals surface area contributed by atoms with Crippen LogP contribution in [0.3, 0.4) is 0 Å². The molecule has 3 aromatic rings. The second-order valence-electron chi connectivity index (χ2n) is 6.58. The van der Waals surface area contributed by atoms with E-state index in [0.29, 0.717) is 24.2 Å². The van der Waals surface area contributed by atoms with E-state index < -0.39 is 6.04 Å². The lowest BCUT2D eigenvalue weighted by Gasteiger charge is -2.35. The molecule has 1 atom stereocenters. The lowest BCUT2D eigenvalue weighted by Crippen LogP contribution is -2.50. The van der Waals surface area contributed by atoms with E-state index in [1.54, 1.807) is 36.4 Å². The smallest absolute Gasteiger partial charge is 0.290 e. The monoisotopic (exact) mass is 371 g/mol. The molecule has 0 radical (unpaired) electrons. The van der Waals surface area contributed by atoms with Crippen LogP contribution in [-0.4, -0.2) is 22.8 Å². The first kappa shape index (κ1) is 17.6. The third kappa shape index (κ3) is 3.38. The lowest BCUT2D eigenvalue weighted by molar-refractivity contribution is -0.121. The molecule has 2 aromatic carbocycles. The Bertz CT molecular complexity index is 1070. The number of nitrogens with one attached hydrogen (secondary N) is 1. The Morgan fingerprint density at radius 1 is 1.07 bits per heavy atom. The summed E-state index contributed by atoms with van der Waals surface area (Å²) in [6.07, 6.45) is 1.85. The Hall–Kier alpha value is -3.85. The van der Waals surface area contributed by atoms with Crippen molar-refractivity contribution in [2.24, 2.45) is 0 Å². The number of fused-ring (bicyclic) bond motifs is 1. The first-order valence-corrected chi connectivity index (χ1v) is 8.88. The van der Waals surface area contributed by atoms with Gasteiger partial charge in [0, 0.05) is 18.7 Å². The summed E-state index contributed by atoms with van der Waals surface area (Å²) in [4.78, 5) is 27.5. The van der Waals surface area contributed by atoms with Crippen LogP contribution in [-0.2, 0) is 17.8 Å². The molecule has 1 aliphatic heterocycles. The number of amides is 2. The zero-order chi connectivity index (χ0) is 19.5. The summed E-state index contributed by atoms with van der Waals surface area (Å²) in [5, 5.41) is 11.9. The standard InChI is InChI=1S/C22H17N3O3/c23-13-15-5-3-8-18(11-15)24-21(26)19-12-16-6-1-2-7-17(16)14-25(19)22(27)20-9-4-10-28-20/h1-11,19H,12,14H2,(H,24,26). The maximum Gasteiger partial charge on any atom is 0.290 e. The fourth-order valence-electron chi connectivity index (χ4n) is 3.40. The van der Waals surface area contributed by atoms with Crippen LogP contribution < -0.4 is 5.32 Å². The Labute approximate surface area is 162 Å². The molecule has 6 nitrogen and oxygen atoms in total. The van der Waals surface area contributed by atoms with Crippen molar-refractivity contribution < 1.29 is 14.0 Å². The number of nitriles is 1. The average Bonchev–Trinajstić information content (AvgIpc) is 3.27. The highest BCUT2D eigenvalue weighted by Crippen LogP contribution is 2.26. The van der Waals surface area contributed by atoms with Crippen molar-refractivity contribution >= 4 is 17.5 Å². The van der Waals surface area contributed by atoms with Gasteiger partial charge in [-0.15, -0.1) is 0 Å².